The van der Waals surface area contributed by atoms with Crippen LogP contribution in [0, 0.1) is 5.41 Å². The average molecular weight is 407 g/mol. The number of sulfonamides is 1. The molecule has 1 amide bonds. The minimum absolute atomic E-state index is 0.0670. The van der Waals surface area contributed by atoms with Gasteiger partial charge in [-0.05, 0) is 47.9 Å². The number of carbonyl (C=O) groups excluding carboxylic acids is 1. The van der Waals surface area contributed by atoms with Crippen molar-refractivity contribution in [2.45, 2.75) is 32.9 Å². The summed E-state index contributed by atoms with van der Waals surface area (Å²) in [5, 5.41) is 0.567. The maximum absolute atomic E-state index is 12.6. The number of anilines is 2. The summed E-state index contributed by atoms with van der Waals surface area (Å²) in [4.78, 5) is 14.4. The Kier molecular flexibility index (Phi) is 5.23. The van der Waals surface area contributed by atoms with Crippen LogP contribution < -0.4 is 9.62 Å². The fraction of sp³-hybridized carbons (Fsp3) is 0.350. The first-order valence-corrected chi connectivity index (χ1v) is 10.8. The van der Waals surface area contributed by atoms with E-state index in [4.69, 9.17) is 11.6 Å². The maximum Gasteiger partial charge on any atom is 0.236 e. The number of halogens is 1. The molecule has 0 atom stereocenters. The average Bonchev–Trinajstić information content (AvgIpc) is 2.97. The van der Waals surface area contributed by atoms with Gasteiger partial charge in [-0.1, -0.05) is 44.5 Å². The highest BCUT2D eigenvalue weighted by molar-refractivity contribution is 7.91. The molecule has 3 rings (SSSR count). The van der Waals surface area contributed by atoms with Crippen molar-refractivity contribution < 1.29 is 13.2 Å². The molecule has 2 aromatic carbocycles. The molecule has 0 aromatic heterocycles. The molecule has 144 valence electrons. The van der Waals surface area contributed by atoms with E-state index >= 15 is 0 Å². The number of benzene rings is 2. The Balaban J connectivity index is 1.76. The van der Waals surface area contributed by atoms with Crippen LogP contribution in [0.15, 0.2) is 42.5 Å². The second-order valence-corrected chi connectivity index (χ2v) is 9.95. The Morgan fingerprint density at radius 3 is 2.44 bits per heavy atom. The van der Waals surface area contributed by atoms with Gasteiger partial charge in [0.2, 0.25) is 15.9 Å². The van der Waals surface area contributed by atoms with E-state index in [9.17, 15) is 13.2 Å². The van der Waals surface area contributed by atoms with Gasteiger partial charge < -0.3 is 4.90 Å². The largest absolute Gasteiger partial charge is 0.311 e. The zero-order valence-electron chi connectivity index (χ0n) is 15.6. The van der Waals surface area contributed by atoms with Crippen LogP contribution in [0.3, 0.4) is 0 Å². The van der Waals surface area contributed by atoms with Crippen molar-refractivity contribution in [1.82, 2.24) is 0 Å². The van der Waals surface area contributed by atoms with Crippen molar-refractivity contribution in [3.8, 4) is 0 Å². The molecule has 7 heteroatoms. The summed E-state index contributed by atoms with van der Waals surface area (Å²) < 4.78 is 27.5. The van der Waals surface area contributed by atoms with Gasteiger partial charge in [-0.25, -0.2) is 8.42 Å². The zero-order chi connectivity index (χ0) is 19.8. The van der Waals surface area contributed by atoms with Crippen LogP contribution in [0.2, 0.25) is 5.02 Å². The third-order valence-electron chi connectivity index (χ3n) is 4.41. The SMILES string of the molecule is CC(C)(C)C(=O)N1CCc2cc(NS(=O)(=O)Cc3ccc(Cl)cc3)ccc21. The van der Waals surface area contributed by atoms with Crippen molar-refractivity contribution in [3.05, 3.63) is 58.6 Å². The molecule has 0 spiro atoms. The second kappa shape index (κ2) is 7.17. The maximum atomic E-state index is 12.6. The summed E-state index contributed by atoms with van der Waals surface area (Å²) in [6.07, 6.45) is 0.712. The van der Waals surface area contributed by atoms with E-state index in [1.54, 1.807) is 35.2 Å². The van der Waals surface area contributed by atoms with Gasteiger partial charge in [0.15, 0.2) is 0 Å². The van der Waals surface area contributed by atoms with Gasteiger partial charge in [0.05, 0.1) is 5.75 Å². The first-order chi connectivity index (χ1) is 12.5. The first-order valence-electron chi connectivity index (χ1n) is 8.75. The van der Waals surface area contributed by atoms with Gasteiger partial charge in [0, 0.05) is 28.4 Å². The van der Waals surface area contributed by atoms with Crippen molar-refractivity contribution >= 4 is 38.9 Å². The number of fused-ring (bicyclic) bond motifs is 1. The number of nitrogens with one attached hydrogen (secondary N) is 1. The van der Waals surface area contributed by atoms with Crippen molar-refractivity contribution in [3.63, 3.8) is 0 Å². The number of carbonyl (C=O) groups is 1. The predicted molar refractivity (Wildman–Crippen MR) is 110 cm³/mol. The normalized spacial score (nSPS) is 14.1. The lowest BCUT2D eigenvalue weighted by Gasteiger charge is -2.26. The van der Waals surface area contributed by atoms with Crippen molar-refractivity contribution in [2.75, 3.05) is 16.2 Å². The van der Waals surface area contributed by atoms with Gasteiger partial charge in [0.25, 0.3) is 0 Å². The number of rotatable bonds is 4. The van der Waals surface area contributed by atoms with E-state index in [2.05, 4.69) is 4.72 Å². The molecule has 0 radical (unpaired) electrons. The molecule has 0 saturated carbocycles. The monoisotopic (exact) mass is 406 g/mol. The number of hydrogen-bond donors (Lipinski definition) is 1. The van der Waals surface area contributed by atoms with E-state index in [1.807, 2.05) is 32.9 Å². The van der Waals surface area contributed by atoms with Crippen molar-refractivity contribution in [2.24, 2.45) is 5.41 Å². The molecule has 1 N–H and O–H groups in total. The minimum atomic E-state index is -3.54. The highest BCUT2D eigenvalue weighted by Gasteiger charge is 2.32. The molecule has 0 saturated heterocycles. The first kappa shape index (κ1) is 19.7. The Labute approximate surface area is 165 Å². The topological polar surface area (TPSA) is 66.5 Å². The lowest BCUT2D eigenvalue weighted by molar-refractivity contribution is -0.125. The molecular formula is C20H23ClN2O3S. The zero-order valence-corrected chi connectivity index (χ0v) is 17.2. The summed E-state index contributed by atoms with van der Waals surface area (Å²) >= 11 is 5.84. The van der Waals surface area contributed by atoms with E-state index in [1.165, 1.54) is 0 Å². The molecule has 1 aliphatic heterocycles. The molecule has 1 heterocycles. The summed E-state index contributed by atoms with van der Waals surface area (Å²) in [5.41, 5.74) is 2.54. The highest BCUT2D eigenvalue weighted by atomic mass is 35.5. The van der Waals surface area contributed by atoms with E-state index in [0.717, 1.165) is 11.3 Å². The van der Waals surface area contributed by atoms with Crippen molar-refractivity contribution in [1.29, 1.82) is 0 Å². The van der Waals surface area contributed by atoms with Crippen LogP contribution in [0.25, 0.3) is 0 Å². The van der Waals surface area contributed by atoms with E-state index < -0.39 is 15.4 Å². The lowest BCUT2D eigenvalue weighted by atomic mass is 9.94. The van der Waals surface area contributed by atoms with Crippen LogP contribution in [0.5, 0.6) is 0 Å². The van der Waals surface area contributed by atoms with Gasteiger partial charge in [-0.15, -0.1) is 0 Å². The number of nitrogens with zero attached hydrogens (tertiary/aromatic N) is 1. The third-order valence-corrected chi connectivity index (χ3v) is 5.92. The predicted octanol–water partition coefficient (Wildman–Crippen LogP) is 4.22. The Morgan fingerprint density at radius 1 is 1.15 bits per heavy atom. The summed E-state index contributed by atoms with van der Waals surface area (Å²) in [6.45, 7) is 6.30. The van der Waals surface area contributed by atoms with Crippen LogP contribution in [-0.4, -0.2) is 20.9 Å². The molecule has 27 heavy (non-hydrogen) atoms. The summed E-state index contributed by atoms with van der Waals surface area (Å²) in [7, 11) is -3.54. The molecule has 0 aliphatic carbocycles. The van der Waals surface area contributed by atoms with E-state index in [0.29, 0.717) is 29.2 Å². The molecule has 2 aromatic rings. The van der Waals surface area contributed by atoms with Gasteiger partial charge in [-0.2, -0.15) is 0 Å². The Bertz CT molecular complexity index is 964. The molecule has 0 unspecified atom stereocenters. The molecule has 0 bridgehead atoms. The molecular weight excluding hydrogens is 384 g/mol. The fourth-order valence-corrected chi connectivity index (χ4v) is 4.41. The molecule has 5 nitrogen and oxygen atoms in total. The standard InChI is InChI=1S/C20H23ClN2O3S/c1-20(2,3)19(24)23-11-10-15-12-17(8-9-18(15)23)22-27(25,26)13-14-4-6-16(21)7-5-14/h4-9,12,22H,10-11,13H2,1-3H3. The van der Waals surface area contributed by atoms with Crippen LogP contribution >= 0.6 is 11.6 Å². The highest BCUT2D eigenvalue weighted by Crippen LogP contribution is 2.34. The second-order valence-electron chi connectivity index (χ2n) is 7.79. The smallest absolute Gasteiger partial charge is 0.236 e. The van der Waals surface area contributed by atoms with Gasteiger partial charge in [0.1, 0.15) is 0 Å². The summed E-state index contributed by atoms with van der Waals surface area (Å²) in [5.74, 6) is -0.0621. The number of hydrogen-bond acceptors (Lipinski definition) is 3. The Morgan fingerprint density at radius 2 is 1.81 bits per heavy atom. The Hall–Kier alpha value is -2.05. The van der Waals surface area contributed by atoms with Gasteiger partial charge >= 0.3 is 0 Å². The quantitative estimate of drug-likeness (QED) is 0.826. The van der Waals surface area contributed by atoms with E-state index in [-0.39, 0.29) is 11.7 Å². The minimum Gasteiger partial charge on any atom is -0.311 e. The van der Waals surface area contributed by atoms with Crippen LogP contribution in [-0.2, 0) is 27.0 Å². The van der Waals surface area contributed by atoms with Crippen LogP contribution in [0.1, 0.15) is 31.9 Å². The fourth-order valence-electron chi connectivity index (χ4n) is 3.10. The lowest BCUT2D eigenvalue weighted by Crippen LogP contribution is -2.38. The number of amides is 1. The summed E-state index contributed by atoms with van der Waals surface area (Å²) in [6, 6.07) is 12.1. The van der Waals surface area contributed by atoms with Crippen LogP contribution in [0.4, 0.5) is 11.4 Å². The molecule has 0 fully saturated rings. The van der Waals surface area contributed by atoms with Gasteiger partial charge in [-0.3, -0.25) is 9.52 Å². The third kappa shape index (κ3) is 4.62. The molecule has 1 aliphatic rings.